The van der Waals surface area contributed by atoms with E-state index in [1.807, 2.05) is 42.5 Å². The molecule has 0 fully saturated rings. The van der Waals surface area contributed by atoms with Crippen molar-refractivity contribution in [1.29, 1.82) is 0 Å². The van der Waals surface area contributed by atoms with Crippen LogP contribution in [-0.4, -0.2) is 34.0 Å². The predicted molar refractivity (Wildman–Crippen MR) is 140 cm³/mol. The molecule has 0 saturated heterocycles. The third-order valence-corrected chi connectivity index (χ3v) is 7.52. The highest BCUT2D eigenvalue weighted by Gasteiger charge is 2.28. The van der Waals surface area contributed by atoms with Crippen LogP contribution in [0.25, 0.3) is 10.8 Å². The number of hydrogen-bond donors (Lipinski definition) is 1. The molecule has 4 aromatic rings. The second-order valence-corrected chi connectivity index (χ2v) is 10.3. The lowest BCUT2D eigenvalue weighted by Crippen LogP contribution is -2.42. The van der Waals surface area contributed by atoms with E-state index in [4.69, 9.17) is 27.9 Å². The van der Waals surface area contributed by atoms with Crippen molar-refractivity contribution in [3.8, 4) is 5.75 Å². The van der Waals surface area contributed by atoms with Crippen molar-refractivity contribution in [2.75, 3.05) is 24.0 Å². The molecule has 180 valence electrons. The largest absolute Gasteiger partial charge is 0.492 e. The second kappa shape index (κ2) is 11.0. The highest BCUT2D eigenvalue weighted by molar-refractivity contribution is 7.92. The Labute approximate surface area is 214 Å². The molecule has 6 nitrogen and oxygen atoms in total. The van der Waals surface area contributed by atoms with E-state index in [1.165, 1.54) is 30.3 Å². The van der Waals surface area contributed by atoms with Gasteiger partial charge in [-0.15, -0.1) is 0 Å². The van der Waals surface area contributed by atoms with Crippen LogP contribution in [0.3, 0.4) is 0 Å². The molecular weight excluding hydrogens is 507 g/mol. The van der Waals surface area contributed by atoms with Gasteiger partial charge in [0.1, 0.15) is 18.9 Å². The summed E-state index contributed by atoms with van der Waals surface area (Å²) in [5, 5.41) is 5.33. The van der Waals surface area contributed by atoms with Crippen LogP contribution in [0.15, 0.2) is 95.9 Å². The molecule has 0 radical (unpaired) electrons. The first-order chi connectivity index (χ1) is 16.8. The van der Waals surface area contributed by atoms with Crippen LogP contribution in [0, 0.1) is 0 Å². The van der Waals surface area contributed by atoms with Crippen LogP contribution in [0.5, 0.6) is 5.75 Å². The van der Waals surface area contributed by atoms with Gasteiger partial charge < -0.3 is 10.1 Å². The number of halogens is 2. The van der Waals surface area contributed by atoms with Crippen LogP contribution < -0.4 is 14.4 Å². The Balaban J connectivity index is 1.44. The minimum absolute atomic E-state index is 0.0402. The zero-order valence-electron chi connectivity index (χ0n) is 18.5. The second-order valence-electron chi connectivity index (χ2n) is 7.63. The molecule has 0 aromatic heterocycles. The smallest absolute Gasteiger partial charge is 0.264 e. The fraction of sp³-hybridized carbons (Fsp3) is 0.115. The molecule has 1 amide bonds. The van der Waals surface area contributed by atoms with Gasteiger partial charge in [0.05, 0.1) is 22.2 Å². The number of rotatable bonds is 9. The summed E-state index contributed by atoms with van der Waals surface area (Å²) in [6.07, 6.45) is 0. The zero-order valence-corrected chi connectivity index (χ0v) is 20.9. The lowest BCUT2D eigenvalue weighted by atomic mass is 10.1. The van der Waals surface area contributed by atoms with Crippen LogP contribution in [0.2, 0.25) is 10.0 Å². The van der Waals surface area contributed by atoms with E-state index in [0.717, 1.165) is 15.1 Å². The Morgan fingerprint density at radius 3 is 2.31 bits per heavy atom. The summed E-state index contributed by atoms with van der Waals surface area (Å²) in [6, 6.07) is 26.0. The molecule has 0 aliphatic heterocycles. The first kappa shape index (κ1) is 24.9. The molecule has 0 bridgehead atoms. The number of fused-ring (bicyclic) bond motifs is 1. The molecule has 4 rings (SSSR count). The third-order valence-electron chi connectivity index (χ3n) is 5.21. The number of sulfonamides is 1. The number of nitrogens with zero attached hydrogens (tertiary/aromatic N) is 1. The van der Waals surface area contributed by atoms with Crippen molar-refractivity contribution < 1.29 is 17.9 Å². The molecule has 0 spiro atoms. The Bertz CT molecular complexity index is 1450. The molecule has 35 heavy (non-hydrogen) atoms. The van der Waals surface area contributed by atoms with Gasteiger partial charge in [0, 0.05) is 5.02 Å². The molecule has 0 aliphatic rings. The normalized spacial score (nSPS) is 11.3. The van der Waals surface area contributed by atoms with Gasteiger partial charge >= 0.3 is 0 Å². The highest BCUT2D eigenvalue weighted by atomic mass is 35.5. The number of nitrogens with one attached hydrogen (secondary N) is 1. The van der Waals surface area contributed by atoms with Crippen LogP contribution in [-0.2, 0) is 14.8 Å². The molecule has 0 aliphatic carbocycles. The van der Waals surface area contributed by atoms with Crippen molar-refractivity contribution in [3.63, 3.8) is 0 Å². The summed E-state index contributed by atoms with van der Waals surface area (Å²) < 4.78 is 33.4. The average Bonchev–Trinajstić information content (AvgIpc) is 2.86. The van der Waals surface area contributed by atoms with Crippen molar-refractivity contribution in [2.24, 2.45) is 0 Å². The van der Waals surface area contributed by atoms with E-state index in [-0.39, 0.29) is 28.8 Å². The molecule has 9 heteroatoms. The van der Waals surface area contributed by atoms with E-state index >= 15 is 0 Å². The van der Waals surface area contributed by atoms with Gasteiger partial charge in [0.25, 0.3) is 10.0 Å². The SMILES string of the molecule is O=C(CN(c1ccc(Cl)cc1Cl)S(=O)(=O)c1ccccc1)NCCOc1ccc2ccccc2c1. The van der Waals surface area contributed by atoms with E-state index in [1.54, 1.807) is 18.2 Å². The molecule has 4 aromatic carbocycles. The van der Waals surface area contributed by atoms with Crippen molar-refractivity contribution in [2.45, 2.75) is 4.90 Å². The summed E-state index contributed by atoms with van der Waals surface area (Å²) in [7, 11) is -4.07. The predicted octanol–water partition coefficient (Wildman–Crippen LogP) is 5.54. The standard InChI is InChI=1S/C26H22Cl2N2O4S/c27-21-11-13-25(24(28)17-21)30(35(32,33)23-8-2-1-3-9-23)18-26(31)29-14-15-34-22-12-10-19-6-4-5-7-20(19)16-22/h1-13,16-17H,14-15,18H2,(H,29,31). The quantitative estimate of drug-likeness (QED) is 0.289. The number of ether oxygens (including phenoxy) is 1. The summed E-state index contributed by atoms with van der Waals surface area (Å²) in [5.74, 6) is 0.178. The van der Waals surface area contributed by atoms with Crippen LogP contribution in [0.1, 0.15) is 0 Å². The first-order valence-electron chi connectivity index (χ1n) is 10.8. The fourth-order valence-electron chi connectivity index (χ4n) is 3.51. The summed E-state index contributed by atoms with van der Waals surface area (Å²) in [5.41, 5.74) is 0.155. The van der Waals surface area contributed by atoms with Gasteiger partial charge in [0.2, 0.25) is 5.91 Å². The first-order valence-corrected chi connectivity index (χ1v) is 13.0. The van der Waals surface area contributed by atoms with E-state index < -0.39 is 22.5 Å². The Hall–Kier alpha value is -3.26. The number of carbonyl (C=O) groups excluding carboxylic acids is 1. The molecule has 0 unspecified atom stereocenters. The third kappa shape index (κ3) is 6.06. The maximum atomic E-state index is 13.4. The summed E-state index contributed by atoms with van der Waals surface area (Å²) >= 11 is 12.3. The minimum Gasteiger partial charge on any atom is -0.492 e. The van der Waals surface area contributed by atoms with Gasteiger partial charge in [0.15, 0.2) is 0 Å². The minimum atomic E-state index is -4.07. The number of carbonyl (C=O) groups is 1. The van der Waals surface area contributed by atoms with Gasteiger partial charge in [-0.3, -0.25) is 9.10 Å². The van der Waals surface area contributed by atoms with E-state index in [2.05, 4.69) is 5.32 Å². The van der Waals surface area contributed by atoms with Gasteiger partial charge in [-0.25, -0.2) is 8.42 Å². The monoisotopic (exact) mass is 528 g/mol. The maximum Gasteiger partial charge on any atom is 0.264 e. The number of amides is 1. The van der Waals surface area contributed by atoms with Crippen molar-refractivity contribution >= 4 is 55.6 Å². The number of anilines is 1. The van der Waals surface area contributed by atoms with Crippen molar-refractivity contribution in [1.82, 2.24) is 5.32 Å². The lowest BCUT2D eigenvalue weighted by molar-refractivity contribution is -0.119. The number of hydrogen-bond acceptors (Lipinski definition) is 4. The fourth-order valence-corrected chi connectivity index (χ4v) is 5.53. The van der Waals surface area contributed by atoms with Crippen LogP contribution >= 0.6 is 23.2 Å². The van der Waals surface area contributed by atoms with Gasteiger partial charge in [-0.05, 0) is 53.2 Å². The Morgan fingerprint density at radius 1 is 0.857 bits per heavy atom. The average molecular weight is 529 g/mol. The molecule has 1 N–H and O–H groups in total. The molecule has 0 heterocycles. The Morgan fingerprint density at radius 2 is 1.57 bits per heavy atom. The Kier molecular flexibility index (Phi) is 7.80. The lowest BCUT2D eigenvalue weighted by Gasteiger charge is -2.25. The molecular formula is C26H22Cl2N2O4S. The van der Waals surface area contributed by atoms with E-state index in [9.17, 15) is 13.2 Å². The highest BCUT2D eigenvalue weighted by Crippen LogP contribution is 2.32. The number of benzene rings is 4. The van der Waals surface area contributed by atoms with Crippen LogP contribution in [0.4, 0.5) is 5.69 Å². The van der Waals surface area contributed by atoms with E-state index in [0.29, 0.717) is 10.8 Å². The van der Waals surface area contributed by atoms with Gasteiger partial charge in [-0.1, -0.05) is 71.7 Å². The van der Waals surface area contributed by atoms with Crippen molar-refractivity contribution in [3.05, 3.63) is 101 Å². The summed E-state index contributed by atoms with van der Waals surface area (Å²) in [6.45, 7) is -0.0506. The topological polar surface area (TPSA) is 75.7 Å². The molecule has 0 atom stereocenters. The zero-order chi connectivity index (χ0) is 24.8. The maximum absolute atomic E-state index is 13.4. The molecule has 0 saturated carbocycles. The van der Waals surface area contributed by atoms with Gasteiger partial charge in [-0.2, -0.15) is 0 Å². The summed E-state index contributed by atoms with van der Waals surface area (Å²) in [4.78, 5) is 12.8.